The second-order valence-corrected chi connectivity index (χ2v) is 9.35. The Hall–Kier alpha value is -3.07. The van der Waals surface area contributed by atoms with Crippen molar-refractivity contribution >= 4 is 67.7 Å². The first-order chi connectivity index (χ1) is 16.6. The molecule has 2 aromatic carbocycles. The van der Waals surface area contributed by atoms with Gasteiger partial charge in [0.05, 0.1) is 10.6 Å². The molecule has 6 aromatic rings. The third kappa shape index (κ3) is 6.08. The van der Waals surface area contributed by atoms with Crippen molar-refractivity contribution in [3.05, 3.63) is 113 Å². The Labute approximate surface area is 210 Å². The fourth-order valence-corrected chi connectivity index (χ4v) is 4.81. The summed E-state index contributed by atoms with van der Waals surface area (Å²) in [5, 5.41) is 26.0. The first-order valence-electron chi connectivity index (χ1n) is 10.4. The third-order valence-corrected chi connectivity index (χ3v) is 6.94. The number of aromatic nitrogens is 2. The molecule has 0 saturated carbocycles. The number of nitrogens with zero attached hydrogens (tertiary/aromatic N) is 2. The van der Waals surface area contributed by atoms with Gasteiger partial charge in [0, 0.05) is 27.9 Å². The molecule has 0 atom stereocenters. The molecule has 8 heteroatoms. The number of benzene rings is 2. The van der Waals surface area contributed by atoms with E-state index in [-0.39, 0.29) is 0 Å². The van der Waals surface area contributed by atoms with Gasteiger partial charge in [0.25, 0.3) is 0 Å². The van der Waals surface area contributed by atoms with E-state index in [4.69, 9.17) is 21.6 Å². The van der Waals surface area contributed by atoms with Gasteiger partial charge in [-0.1, -0.05) is 78.3 Å². The highest BCUT2D eigenvalue weighted by Gasteiger charge is 2.09. The maximum atomic E-state index is 8.48. The zero-order valence-electron chi connectivity index (χ0n) is 18.0. The fraction of sp³-hybridized carbons (Fsp3) is 0. The predicted molar refractivity (Wildman–Crippen MR) is 146 cm³/mol. The maximum Gasteiger partial charge on any atom is 0.499 e. The molecule has 0 saturated heterocycles. The Bertz CT molecular complexity index is 1450. The van der Waals surface area contributed by atoms with Crippen LogP contribution in [0.15, 0.2) is 108 Å². The summed E-state index contributed by atoms with van der Waals surface area (Å²) in [7, 11) is -1.30. The quantitative estimate of drug-likeness (QED) is 0.216. The fourth-order valence-electron chi connectivity index (χ4n) is 3.25. The van der Waals surface area contributed by atoms with E-state index in [0.717, 1.165) is 16.5 Å². The van der Waals surface area contributed by atoms with Crippen molar-refractivity contribution in [1.82, 2.24) is 9.97 Å². The van der Waals surface area contributed by atoms with Crippen LogP contribution in [0.3, 0.4) is 0 Å². The summed E-state index contributed by atoms with van der Waals surface area (Å²) in [5.41, 5.74) is 1.09. The SMILES string of the molecule is Clc1nccc2ccccc12.OB(O)c1cccs1.c1csc(-c2nccc3ccccc23)c1. The molecule has 0 radical (unpaired) electrons. The molecular formula is C26H20BClN2O2S2. The molecule has 0 aliphatic heterocycles. The van der Waals surface area contributed by atoms with Crippen LogP contribution in [0.4, 0.5) is 0 Å². The molecule has 0 aliphatic rings. The summed E-state index contributed by atoms with van der Waals surface area (Å²) in [4.78, 5) is 9.66. The second kappa shape index (κ2) is 11.9. The van der Waals surface area contributed by atoms with E-state index in [0.29, 0.717) is 9.93 Å². The molecule has 4 aromatic heterocycles. The van der Waals surface area contributed by atoms with E-state index in [9.17, 15) is 0 Å². The van der Waals surface area contributed by atoms with Crippen LogP contribution in [-0.2, 0) is 0 Å². The van der Waals surface area contributed by atoms with Crippen LogP contribution < -0.4 is 4.78 Å². The number of hydrogen-bond donors (Lipinski definition) is 2. The van der Waals surface area contributed by atoms with Crippen molar-refractivity contribution in [1.29, 1.82) is 0 Å². The van der Waals surface area contributed by atoms with Crippen molar-refractivity contribution in [2.45, 2.75) is 0 Å². The van der Waals surface area contributed by atoms with Crippen LogP contribution in [0.1, 0.15) is 0 Å². The predicted octanol–water partition coefficient (Wildman–Crippen LogP) is 6.28. The third-order valence-electron chi connectivity index (χ3n) is 4.85. The molecule has 0 bridgehead atoms. The van der Waals surface area contributed by atoms with Gasteiger partial charge in [0.2, 0.25) is 0 Å². The number of pyridine rings is 2. The van der Waals surface area contributed by atoms with E-state index in [2.05, 4.69) is 51.7 Å². The van der Waals surface area contributed by atoms with Gasteiger partial charge in [-0.05, 0) is 39.7 Å². The standard InChI is InChI=1S/C13H9NS.C9H6ClN.C4H5BO2S/c1-2-5-11-10(4-1)7-8-14-13(11)12-6-3-9-15-12;10-9-8-4-2-1-3-7(8)5-6-11-9;6-5(7)4-2-1-3-8-4/h1-9H;1-6H;1-3,6-7H. The molecule has 34 heavy (non-hydrogen) atoms. The van der Waals surface area contributed by atoms with Gasteiger partial charge in [0.15, 0.2) is 0 Å². The van der Waals surface area contributed by atoms with Gasteiger partial charge in [-0.3, -0.25) is 4.98 Å². The van der Waals surface area contributed by atoms with Crippen LogP contribution in [0.25, 0.3) is 32.1 Å². The van der Waals surface area contributed by atoms with E-state index in [1.807, 2.05) is 42.6 Å². The van der Waals surface area contributed by atoms with Crippen molar-refractivity contribution < 1.29 is 10.0 Å². The lowest BCUT2D eigenvalue weighted by atomic mass is 9.90. The second-order valence-electron chi connectivity index (χ2n) is 7.07. The number of fused-ring (bicyclic) bond motifs is 2. The van der Waals surface area contributed by atoms with E-state index >= 15 is 0 Å². The Morgan fingerprint density at radius 3 is 1.85 bits per heavy atom. The van der Waals surface area contributed by atoms with E-state index in [1.165, 1.54) is 27.0 Å². The summed E-state index contributed by atoms with van der Waals surface area (Å²) in [6, 6.07) is 27.9. The molecule has 0 spiro atoms. The highest BCUT2D eigenvalue weighted by atomic mass is 35.5. The Morgan fingerprint density at radius 2 is 1.26 bits per heavy atom. The highest BCUT2D eigenvalue weighted by Crippen LogP contribution is 2.29. The summed E-state index contributed by atoms with van der Waals surface area (Å²) in [6.07, 6.45) is 3.59. The van der Waals surface area contributed by atoms with Gasteiger partial charge in [-0.2, -0.15) is 11.3 Å². The van der Waals surface area contributed by atoms with Crippen LogP contribution in [0.2, 0.25) is 5.15 Å². The Kier molecular flexibility index (Phi) is 8.41. The van der Waals surface area contributed by atoms with Crippen molar-refractivity contribution in [3.63, 3.8) is 0 Å². The Balaban J connectivity index is 0.000000128. The van der Waals surface area contributed by atoms with Crippen LogP contribution in [0.5, 0.6) is 0 Å². The van der Waals surface area contributed by atoms with Gasteiger partial charge >= 0.3 is 7.12 Å². The normalized spacial score (nSPS) is 10.2. The smallest absolute Gasteiger partial charge is 0.423 e. The topological polar surface area (TPSA) is 66.2 Å². The lowest BCUT2D eigenvalue weighted by Gasteiger charge is -2.02. The van der Waals surface area contributed by atoms with Gasteiger partial charge in [-0.25, -0.2) is 4.98 Å². The number of thiophene rings is 2. The molecule has 4 heterocycles. The largest absolute Gasteiger partial charge is 0.499 e. The molecule has 4 nitrogen and oxygen atoms in total. The average molecular weight is 503 g/mol. The zero-order chi connectivity index (χ0) is 23.8. The monoisotopic (exact) mass is 502 g/mol. The number of rotatable bonds is 2. The van der Waals surface area contributed by atoms with Crippen LogP contribution in [-0.4, -0.2) is 27.1 Å². The lowest BCUT2D eigenvalue weighted by molar-refractivity contribution is 0.427. The molecule has 0 unspecified atom stereocenters. The minimum Gasteiger partial charge on any atom is -0.423 e. The molecule has 6 rings (SSSR count). The summed E-state index contributed by atoms with van der Waals surface area (Å²) >= 11 is 8.91. The first kappa shape index (κ1) is 24.1. The van der Waals surface area contributed by atoms with E-state index in [1.54, 1.807) is 35.0 Å². The molecule has 2 N–H and O–H groups in total. The van der Waals surface area contributed by atoms with Gasteiger partial charge in [0.1, 0.15) is 5.15 Å². The van der Waals surface area contributed by atoms with Crippen molar-refractivity contribution in [2.24, 2.45) is 0 Å². The lowest BCUT2D eigenvalue weighted by Crippen LogP contribution is -2.26. The minimum atomic E-state index is -1.30. The average Bonchev–Trinajstić information content (AvgIpc) is 3.60. The molecule has 0 amide bonds. The first-order valence-corrected chi connectivity index (χ1v) is 12.5. The highest BCUT2D eigenvalue weighted by molar-refractivity contribution is 7.20. The maximum absolute atomic E-state index is 8.48. The van der Waals surface area contributed by atoms with Crippen molar-refractivity contribution in [2.75, 3.05) is 0 Å². The number of halogens is 1. The molecule has 168 valence electrons. The number of hydrogen-bond acceptors (Lipinski definition) is 6. The zero-order valence-corrected chi connectivity index (χ0v) is 20.3. The van der Waals surface area contributed by atoms with Gasteiger partial charge < -0.3 is 10.0 Å². The van der Waals surface area contributed by atoms with Gasteiger partial charge in [-0.15, -0.1) is 11.3 Å². The summed E-state index contributed by atoms with van der Waals surface area (Å²) < 4.78 is 0.588. The van der Waals surface area contributed by atoms with Crippen LogP contribution in [0, 0.1) is 0 Å². The molecule has 0 aliphatic carbocycles. The molecule has 0 fully saturated rings. The van der Waals surface area contributed by atoms with E-state index < -0.39 is 7.12 Å². The summed E-state index contributed by atoms with van der Waals surface area (Å²) in [6.45, 7) is 0. The van der Waals surface area contributed by atoms with Crippen molar-refractivity contribution in [3.8, 4) is 10.6 Å². The minimum absolute atomic E-state index is 0.572. The summed E-state index contributed by atoms with van der Waals surface area (Å²) in [5.74, 6) is 0. The molecular weight excluding hydrogens is 483 g/mol. The van der Waals surface area contributed by atoms with Crippen LogP contribution >= 0.6 is 34.3 Å². The Morgan fingerprint density at radius 1 is 0.647 bits per heavy atom.